The standard InChI is InChI=1S/C5H6BrClN2O2.BrH/c1-5(2)3(10)8(7)4(11)9(5)6;/h1-2H3;1H. The Morgan fingerprint density at radius 3 is 1.92 bits per heavy atom. The van der Waals surface area contributed by atoms with Gasteiger partial charge in [0.1, 0.15) is 5.54 Å². The van der Waals surface area contributed by atoms with Gasteiger partial charge in [-0.05, 0) is 13.8 Å². The highest BCUT2D eigenvalue weighted by atomic mass is 79.9. The molecular weight excluding hydrogens is 315 g/mol. The van der Waals surface area contributed by atoms with E-state index in [2.05, 4.69) is 16.1 Å². The third kappa shape index (κ3) is 1.47. The minimum absolute atomic E-state index is 0. The van der Waals surface area contributed by atoms with Crippen molar-refractivity contribution in [1.82, 2.24) is 8.34 Å². The van der Waals surface area contributed by atoms with Crippen molar-refractivity contribution in [2.24, 2.45) is 0 Å². The smallest absolute Gasteiger partial charge is 0.270 e. The highest BCUT2D eigenvalue weighted by Crippen LogP contribution is 2.31. The summed E-state index contributed by atoms with van der Waals surface area (Å²) in [6, 6.07) is -0.554. The van der Waals surface area contributed by atoms with E-state index in [0.717, 1.165) is 3.93 Å². The number of rotatable bonds is 0. The second-order valence-electron chi connectivity index (χ2n) is 2.71. The minimum atomic E-state index is -0.890. The average molecular weight is 322 g/mol. The fourth-order valence-corrected chi connectivity index (χ4v) is 1.41. The summed E-state index contributed by atoms with van der Waals surface area (Å²) in [5.74, 6) is -0.430. The van der Waals surface area contributed by atoms with Gasteiger partial charge < -0.3 is 0 Å². The van der Waals surface area contributed by atoms with Crippen molar-refractivity contribution >= 4 is 56.8 Å². The molecule has 0 radical (unpaired) electrons. The normalized spacial score (nSPS) is 21.3. The van der Waals surface area contributed by atoms with Crippen LogP contribution in [0.3, 0.4) is 0 Å². The average Bonchev–Trinajstić information content (AvgIpc) is 2.06. The van der Waals surface area contributed by atoms with Crippen LogP contribution in [0.1, 0.15) is 13.8 Å². The number of halogens is 3. The third-order valence-corrected chi connectivity index (χ3v) is 3.02. The van der Waals surface area contributed by atoms with Crippen LogP contribution in [0.4, 0.5) is 4.79 Å². The lowest BCUT2D eigenvalue weighted by Gasteiger charge is -2.19. The topological polar surface area (TPSA) is 40.6 Å². The fourth-order valence-electron chi connectivity index (χ4n) is 0.727. The molecule has 4 nitrogen and oxygen atoms in total. The number of imide groups is 1. The summed E-state index contributed by atoms with van der Waals surface area (Å²) in [6.45, 7) is 3.20. The Bertz CT molecular complexity index is 233. The van der Waals surface area contributed by atoms with Crippen LogP contribution >= 0.6 is 44.9 Å². The van der Waals surface area contributed by atoms with Gasteiger partial charge in [0, 0.05) is 11.8 Å². The lowest BCUT2D eigenvalue weighted by molar-refractivity contribution is -0.127. The molecule has 0 unspecified atom stereocenters. The largest absolute Gasteiger partial charge is 0.352 e. The van der Waals surface area contributed by atoms with E-state index in [9.17, 15) is 9.59 Å². The molecular formula is C5H7Br2ClN2O2. The molecule has 1 fully saturated rings. The van der Waals surface area contributed by atoms with Crippen LogP contribution in [0.2, 0.25) is 0 Å². The first kappa shape index (κ1) is 12.2. The zero-order valence-corrected chi connectivity index (χ0v) is 10.4. The molecule has 12 heavy (non-hydrogen) atoms. The molecule has 0 saturated carbocycles. The van der Waals surface area contributed by atoms with E-state index >= 15 is 0 Å². The molecule has 3 amide bonds. The summed E-state index contributed by atoms with van der Waals surface area (Å²) in [7, 11) is 0. The molecule has 0 aromatic heterocycles. The maximum atomic E-state index is 11.1. The van der Waals surface area contributed by atoms with E-state index in [-0.39, 0.29) is 17.0 Å². The summed E-state index contributed by atoms with van der Waals surface area (Å²) in [4.78, 5) is 22.1. The van der Waals surface area contributed by atoms with Gasteiger partial charge in [0.25, 0.3) is 5.91 Å². The Morgan fingerprint density at radius 2 is 1.83 bits per heavy atom. The second-order valence-corrected chi connectivity index (χ2v) is 3.76. The first-order valence-corrected chi connectivity index (χ1v) is 3.94. The first-order valence-electron chi connectivity index (χ1n) is 2.89. The maximum Gasteiger partial charge on any atom is 0.352 e. The van der Waals surface area contributed by atoms with Crippen LogP contribution in [0.15, 0.2) is 0 Å². The van der Waals surface area contributed by atoms with Crippen LogP contribution in [0.5, 0.6) is 0 Å². The fraction of sp³-hybridized carbons (Fsp3) is 0.600. The molecule has 1 rings (SSSR count). The van der Waals surface area contributed by atoms with Crippen molar-refractivity contribution < 1.29 is 9.59 Å². The van der Waals surface area contributed by atoms with Crippen LogP contribution < -0.4 is 0 Å². The van der Waals surface area contributed by atoms with Gasteiger partial charge in [0.05, 0.1) is 16.1 Å². The Balaban J connectivity index is 0.00000121. The molecule has 7 heteroatoms. The number of carbonyl (C=O) groups is 2. The molecule has 0 aliphatic carbocycles. The van der Waals surface area contributed by atoms with Gasteiger partial charge in [0.15, 0.2) is 0 Å². The Labute approximate surface area is 94.0 Å². The summed E-state index contributed by atoms with van der Waals surface area (Å²) in [5, 5.41) is 0. The number of carbonyl (C=O) groups excluding carboxylic acids is 2. The predicted molar refractivity (Wildman–Crippen MR) is 53.3 cm³/mol. The highest BCUT2D eigenvalue weighted by molar-refractivity contribution is 9.07. The first-order chi connectivity index (χ1) is 4.89. The second kappa shape index (κ2) is 3.51. The molecule has 1 heterocycles. The number of amides is 3. The van der Waals surface area contributed by atoms with Crippen LogP contribution in [0.25, 0.3) is 0 Å². The molecule has 1 aliphatic heterocycles. The summed E-state index contributed by atoms with van der Waals surface area (Å²) in [5.41, 5.74) is -0.890. The quantitative estimate of drug-likeness (QED) is 0.506. The zero-order chi connectivity index (χ0) is 8.81. The summed E-state index contributed by atoms with van der Waals surface area (Å²) in [6.07, 6.45) is 0. The molecule has 0 aromatic rings. The summed E-state index contributed by atoms with van der Waals surface area (Å²) < 4.78 is 1.68. The van der Waals surface area contributed by atoms with Crippen LogP contribution in [0, 0.1) is 0 Å². The van der Waals surface area contributed by atoms with Gasteiger partial charge >= 0.3 is 6.03 Å². The van der Waals surface area contributed by atoms with Gasteiger partial charge in [-0.15, -0.1) is 17.0 Å². The van der Waals surface area contributed by atoms with E-state index in [0.29, 0.717) is 4.42 Å². The van der Waals surface area contributed by atoms with E-state index in [1.165, 1.54) is 0 Å². The zero-order valence-electron chi connectivity index (χ0n) is 6.38. The van der Waals surface area contributed by atoms with E-state index in [1.54, 1.807) is 13.8 Å². The SMILES string of the molecule is Br.CC1(C)C(=O)N(Cl)C(=O)N1Br. The monoisotopic (exact) mass is 320 g/mol. The maximum absolute atomic E-state index is 11.1. The van der Waals surface area contributed by atoms with Gasteiger partial charge in [-0.2, -0.15) is 4.42 Å². The Hall–Kier alpha value is 0.190. The molecule has 0 atom stereocenters. The third-order valence-electron chi connectivity index (χ3n) is 1.53. The molecule has 1 aliphatic rings. The van der Waals surface area contributed by atoms with Crippen LogP contribution in [-0.2, 0) is 4.79 Å². The van der Waals surface area contributed by atoms with E-state index in [4.69, 9.17) is 11.8 Å². The number of urea groups is 1. The molecule has 0 aromatic carbocycles. The van der Waals surface area contributed by atoms with Gasteiger partial charge in [-0.1, -0.05) is 0 Å². The Kier molecular flexibility index (Phi) is 3.57. The highest BCUT2D eigenvalue weighted by Gasteiger charge is 2.50. The molecule has 1 saturated heterocycles. The van der Waals surface area contributed by atoms with Crippen molar-refractivity contribution in [2.45, 2.75) is 19.4 Å². The Morgan fingerprint density at radius 1 is 1.42 bits per heavy atom. The minimum Gasteiger partial charge on any atom is -0.270 e. The van der Waals surface area contributed by atoms with Crippen LogP contribution in [-0.4, -0.2) is 25.8 Å². The number of hydrogen-bond acceptors (Lipinski definition) is 2. The molecule has 0 spiro atoms. The van der Waals surface area contributed by atoms with Gasteiger partial charge in [-0.25, -0.2) is 8.72 Å². The van der Waals surface area contributed by atoms with Crippen molar-refractivity contribution in [1.29, 1.82) is 0 Å². The van der Waals surface area contributed by atoms with Crippen molar-refractivity contribution in [3.8, 4) is 0 Å². The van der Waals surface area contributed by atoms with Crippen molar-refractivity contribution in [3.05, 3.63) is 0 Å². The van der Waals surface area contributed by atoms with Crippen molar-refractivity contribution in [2.75, 3.05) is 0 Å². The lowest BCUT2D eigenvalue weighted by Crippen LogP contribution is -2.37. The molecule has 0 N–H and O–H groups in total. The van der Waals surface area contributed by atoms with E-state index < -0.39 is 17.5 Å². The van der Waals surface area contributed by atoms with Gasteiger partial charge in [0.2, 0.25) is 0 Å². The van der Waals surface area contributed by atoms with E-state index in [1.807, 2.05) is 0 Å². The number of hydrogen-bond donors (Lipinski definition) is 0. The lowest BCUT2D eigenvalue weighted by atomic mass is 10.1. The molecule has 0 bridgehead atoms. The molecule has 70 valence electrons. The van der Waals surface area contributed by atoms with Crippen molar-refractivity contribution in [3.63, 3.8) is 0 Å². The van der Waals surface area contributed by atoms with Gasteiger partial charge in [-0.3, -0.25) is 4.79 Å². The summed E-state index contributed by atoms with van der Waals surface area (Å²) >= 11 is 8.30. The predicted octanol–water partition coefficient (Wildman–Crippen LogP) is 2.07. The number of nitrogens with zero attached hydrogens (tertiary/aromatic N) is 2.